The molecular formula is C17H24F3N3O6S. The molecule has 1 aromatic rings. The van der Waals surface area contributed by atoms with Gasteiger partial charge in [-0.15, -0.1) is 0 Å². The van der Waals surface area contributed by atoms with Crippen molar-refractivity contribution in [2.45, 2.75) is 20.0 Å². The van der Waals surface area contributed by atoms with Crippen LogP contribution < -0.4 is 9.62 Å². The SMILES string of the molecule is CCN1CCN(c2ccc(C(=O)O)cc2NS(=O)(=O)CC)CC1.O=C(O)C(F)(F)F. The maximum Gasteiger partial charge on any atom is 0.490 e. The Kier molecular flexibility index (Phi) is 8.90. The summed E-state index contributed by atoms with van der Waals surface area (Å²) in [6.07, 6.45) is -5.08. The zero-order valence-corrected chi connectivity index (χ0v) is 17.3. The van der Waals surface area contributed by atoms with E-state index in [1.165, 1.54) is 12.1 Å². The van der Waals surface area contributed by atoms with Crippen molar-refractivity contribution >= 4 is 33.3 Å². The molecule has 30 heavy (non-hydrogen) atoms. The average Bonchev–Trinajstić information content (AvgIpc) is 2.67. The third-order valence-electron chi connectivity index (χ3n) is 4.29. The number of sulfonamides is 1. The molecule has 1 aromatic carbocycles. The predicted molar refractivity (Wildman–Crippen MR) is 105 cm³/mol. The molecule has 170 valence electrons. The molecule has 0 bridgehead atoms. The molecule has 0 atom stereocenters. The fraction of sp³-hybridized carbons (Fsp3) is 0.529. The Morgan fingerprint density at radius 2 is 1.63 bits per heavy atom. The number of aromatic carboxylic acids is 1. The van der Waals surface area contributed by atoms with Gasteiger partial charge in [-0.25, -0.2) is 18.0 Å². The van der Waals surface area contributed by atoms with E-state index in [9.17, 15) is 26.4 Å². The Bertz CT molecular complexity index is 853. The van der Waals surface area contributed by atoms with Crippen molar-refractivity contribution in [3.63, 3.8) is 0 Å². The second-order valence-corrected chi connectivity index (χ2v) is 8.28. The van der Waals surface area contributed by atoms with Crippen LogP contribution in [0.25, 0.3) is 0 Å². The van der Waals surface area contributed by atoms with E-state index in [1.54, 1.807) is 13.0 Å². The zero-order valence-electron chi connectivity index (χ0n) is 16.4. The molecule has 0 aliphatic carbocycles. The van der Waals surface area contributed by atoms with E-state index in [0.29, 0.717) is 5.69 Å². The van der Waals surface area contributed by atoms with Gasteiger partial charge in [0.1, 0.15) is 0 Å². The van der Waals surface area contributed by atoms with Crippen LogP contribution in [0.15, 0.2) is 18.2 Å². The maximum absolute atomic E-state index is 11.9. The summed E-state index contributed by atoms with van der Waals surface area (Å²) in [6, 6.07) is 4.57. The minimum atomic E-state index is -5.08. The molecule has 13 heteroatoms. The van der Waals surface area contributed by atoms with Gasteiger partial charge in [0.2, 0.25) is 10.0 Å². The van der Waals surface area contributed by atoms with Crippen LogP contribution in [-0.4, -0.2) is 80.1 Å². The average molecular weight is 455 g/mol. The van der Waals surface area contributed by atoms with Crippen LogP contribution in [0.1, 0.15) is 24.2 Å². The predicted octanol–water partition coefficient (Wildman–Crippen LogP) is 1.92. The molecule has 1 saturated heterocycles. The lowest BCUT2D eigenvalue weighted by Gasteiger charge is -2.36. The van der Waals surface area contributed by atoms with Crippen LogP contribution in [0.3, 0.4) is 0 Å². The molecule has 0 aromatic heterocycles. The second-order valence-electron chi connectivity index (χ2n) is 6.27. The van der Waals surface area contributed by atoms with Crippen molar-refractivity contribution in [1.29, 1.82) is 0 Å². The van der Waals surface area contributed by atoms with E-state index in [2.05, 4.69) is 21.4 Å². The van der Waals surface area contributed by atoms with Crippen molar-refractivity contribution < 1.29 is 41.4 Å². The first-order valence-corrected chi connectivity index (χ1v) is 10.6. The van der Waals surface area contributed by atoms with E-state index in [0.717, 1.165) is 38.4 Å². The lowest BCUT2D eigenvalue weighted by Crippen LogP contribution is -2.46. The van der Waals surface area contributed by atoms with Crippen LogP contribution in [-0.2, 0) is 14.8 Å². The molecule has 1 heterocycles. The van der Waals surface area contributed by atoms with Gasteiger partial charge in [-0.05, 0) is 31.7 Å². The molecule has 0 spiro atoms. The van der Waals surface area contributed by atoms with Crippen molar-refractivity contribution in [3.8, 4) is 0 Å². The van der Waals surface area contributed by atoms with Gasteiger partial charge in [-0.3, -0.25) is 4.72 Å². The van der Waals surface area contributed by atoms with Crippen LogP contribution in [0.2, 0.25) is 0 Å². The van der Waals surface area contributed by atoms with Gasteiger partial charge in [0.25, 0.3) is 0 Å². The molecule has 1 aliphatic rings. The van der Waals surface area contributed by atoms with E-state index in [1.807, 2.05) is 0 Å². The van der Waals surface area contributed by atoms with Crippen molar-refractivity contribution in [1.82, 2.24) is 4.90 Å². The lowest BCUT2D eigenvalue weighted by atomic mass is 10.1. The molecule has 0 amide bonds. The van der Waals surface area contributed by atoms with Crippen LogP contribution in [0.4, 0.5) is 24.5 Å². The summed E-state index contributed by atoms with van der Waals surface area (Å²) < 4.78 is 58.0. The first-order chi connectivity index (χ1) is 13.8. The summed E-state index contributed by atoms with van der Waals surface area (Å²) >= 11 is 0. The third kappa shape index (κ3) is 7.71. The molecule has 0 saturated carbocycles. The Balaban J connectivity index is 0.000000553. The minimum Gasteiger partial charge on any atom is -0.478 e. The van der Waals surface area contributed by atoms with Crippen LogP contribution >= 0.6 is 0 Å². The van der Waals surface area contributed by atoms with E-state index >= 15 is 0 Å². The number of piperazine rings is 1. The fourth-order valence-electron chi connectivity index (χ4n) is 2.57. The first-order valence-electron chi connectivity index (χ1n) is 8.96. The van der Waals surface area contributed by atoms with Gasteiger partial charge in [-0.1, -0.05) is 6.92 Å². The van der Waals surface area contributed by atoms with Crippen molar-refractivity contribution in [3.05, 3.63) is 23.8 Å². The largest absolute Gasteiger partial charge is 0.490 e. The number of alkyl halides is 3. The standard InChI is InChI=1S/C15H23N3O4S.C2HF3O2/c1-3-17-7-9-18(10-8-17)14-6-5-12(15(19)20)11-13(14)16-23(21,22)4-2;3-2(4,5)1(6)7/h5-6,11,16H,3-4,7-10H2,1-2H3,(H,19,20);(H,6,7). The van der Waals surface area contributed by atoms with Crippen molar-refractivity contribution in [2.24, 2.45) is 0 Å². The highest BCUT2D eigenvalue weighted by molar-refractivity contribution is 7.92. The van der Waals surface area contributed by atoms with Gasteiger partial charge in [-0.2, -0.15) is 13.2 Å². The summed E-state index contributed by atoms with van der Waals surface area (Å²) in [5.41, 5.74) is 1.12. The van der Waals surface area contributed by atoms with Crippen molar-refractivity contribution in [2.75, 3.05) is 48.1 Å². The Hall–Kier alpha value is -2.54. The third-order valence-corrected chi connectivity index (χ3v) is 5.58. The van der Waals surface area contributed by atoms with E-state index in [-0.39, 0.29) is 11.3 Å². The quantitative estimate of drug-likeness (QED) is 0.594. The van der Waals surface area contributed by atoms with Gasteiger partial charge >= 0.3 is 18.1 Å². The molecule has 3 N–H and O–H groups in total. The summed E-state index contributed by atoms with van der Waals surface area (Å²) in [5, 5.41) is 16.3. The molecule has 1 aliphatic heterocycles. The number of carboxylic acids is 2. The number of nitrogens with one attached hydrogen (secondary N) is 1. The van der Waals surface area contributed by atoms with Gasteiger partial charge < -0.3 is 20.0 Å². The molecule has 2 rings (SSSR count). The van der Waals surface area contributed by atoms with E-state index < -0.39 is 28.1 Å². The summed E-state index contributed by atoms with van der Waals surface area (Å²) in [6.45, 7) is 8.00. The smallest absolute Gasteiger partial charge is 0.478 e. The summed E-state index contributed by atoms with van der Waals surface area (Å²) in [5.74, 6) is -3.90. The number of likely N-dealkylation sites (N-methyl/N-ethyl adjacent to an activating group) is 1. The second kappa shape index (κ2) is 10.5. The molecule has 1 fully saturated rings. The van der Waals surface area contributed by atoms with Crippen LogP contribution in [0.5, 0.6) is 0 Å². The molecule has 0 radical (unpaired) electrons. The lowest BCUT2D eigenvalue weighted by molar-refractivity contribution is -0.192. The Labute approximate surface area is 172 Å². The number of anilines is 2. The Morgan fingerprint density at radius 3 is 2.03 bits per heavy atom. The van der Waals surface area contributed by atoms with Crippen LogP contribution in [0, 0.1) is 0 Å². The highest BCUT2D eigenvalue weighted by Gasteiger charge is 2.38. The van der Waals surface area contributed by atoms with Gasteiger partial charge in [0.05, 0.1) is 22.7 Å². The number of hydrogen-bond donors (Lipinski definition) is 3. The molecule has 9 nitrogen and oxygen atoms in total. The monoisotopic (exact) mass is 455 g/mol. The topological polar surface area (TPSA) is 127 Å². The van der Waals surface area contributed by atoms with E-state index in [4.69, 9.17) is 15.0 Å². The summed E-state index contributed by atoms with van der Waals surface area (Å²) in [7, 11) is -3.47. The zero-order chi connectivity index (χ0) is 23.1. The fourth-order valence-corrected chi connectivity index (χ4v) is 3.21. The van der Waals surface area contributed by atoms with Gasteiger partial charge in [0, 0.05) is 26.2 Å². The Morgan fingerprint density at radius 1 is 1.10 bits per heavy atom. The highest BCUT2D eigenvalue weighted by atomic mass is 32.2. The number of hydrogen-bond acceptors (Lipinski definition) is 6. The molecule has 0 unspecified atom stereocenters. The number of halogens is 3. The maximum atomic E-state index is 11.9. The summed E-state index contributed by atoms with van der Waals surface area (Å²) in [4.78, 5) is 24.5. The number of carboxylic acid groups (broad SMARTS) is 2. The highest BCUT2D eigenvalue weighted by Crippen LogP contribution is 2.29. The molecular weight excluding hydrogens is 431 g/mol. The minimum absolute atomic E-state index is 0.0622. The number of carbonyl (C=O) groups is 2. The normalized spacial score (nSPS) is 15.2. The number of nitrogens with zero attached hydrogens (tertiary/aromatic N) is 2. The number of aliphatic carboxylic acids is 1. The first kappa shape index (κ1) is 25.5. The van der Waals surface area contributed by atoms with Gasteiger partial charge in [0.15, 0.2) is 0 Å². The number of benzene rings is 1. The number of rotatable bonds is 6.